The highest BCUT2D eigenvalue weighted by molar-refractivity contribution is 14.0. The lowest BCUT2D eigenvalue weighted by Gasteiger charge is -2.41. The molecule has 0 radical (unpaired) electrons. The Labute approximate surface area is 189 Å². The van der Waals surface area contributed by atoms with Gasteiger partial charge in [0.1, 0.15) is 0 Å². The van der Waals surface area contributed by atoms with E-state index in [1.165, 1.54) is 6.42 Å². The van der Waals surface area contributed by atoms with Crippen molar-refractivity contribution >= 4 is 29.9 Å². The second kappa shape index (κ2) is 13.2. The third-order valence-electron chi connectivity index (χ3n) is 5.62. The molecule has 28 heavy (non-hydrogen) atoms. The van der Waals surface area contributed by atoms with Crippen molar-refractivity contribution in [2.75, 3.05) is 53.6 Å². The summed E-state index contributed by atoms with van der Waals surface area (Å²) in [4.78, 5) is 6.89. The Morgan fingerprint density at radius 2 is 1.89 bits per heavy atom. The fourth-order valence-electron chi connectivity index (χ4n) is 4.25. The maximum Gasteiger partial charge on any atom is 0.193 e. The number of methoxy groups -OCH3 is 1. The van der Waals surface area contributed by atoms with Crippen LogP contribution in [0.2, 0.25) is 0 Å². The maximum absolute atomic E-state index is 6.12. The first-order chi connectivity index (χ1) is 13.0. The molecule has 0 aliphatic carbocycles. The van der Waals surface area contributed by atoms with Crippen molar-refractivity contribution in [3.8, 4) is 0 Å². The lowest BCUT2D eigenvalue weighted by molar-refractivity contribution is -0.0836. The van der Waals surface area contributed by atoms with E-state index in [4.69, 9.17) is 14.2 Å². The van der Waals surface area contributed by atoms with E-state index in [2.05, 4.69) is 36.0 Å². The van der Waals surface area contributed by atoms with Crippen molar-refractivity contribution in [1.29, 1.82) is 0 Å². The first-order valence-electron chi connectivity index (χ1n) is 10.6. The zero-order chi connectivity index (χ0) is 19.7. The second-order valence-corrected chi connectivity index (χ2v) is 8.89. The summed E-state index contributed by atoms with van der Waals surface area (Å²) in [7, 11) is 3.62. The number of rotatable bonds is 7. The average molecular weight is 511 g/mol. The van der Waals surface area contributed by atoms with E-state index in [1.807, 2.05) is 7.05 Å². The Morgan fingerprint density at radius 3 is 2.50 bits per heavy atom. The summed E-state index contributed by atoms with van der Waals surface area (Å²) in [6.45, 7) is 12.2. The van der Waals surface area contributed by atoms with Gasteiger partial charge in [-0.3, -0.25) is 4.99 Å². The van der Waals surface area contributed by atoms with Gasteiger partial charge in [0.15, 0.2) is 5.96 Å². The lowest BCUT2D eigenvalue weighted by Crippen LogP contribution is -2.50. The topological polar surface area (TPSA) is 55.3 Å². The monoisotopic (exact) mass is 511 g/mol. The summed E-state index contributed by atoms with van der Waals surface area (Å²) in [5.74, 6) is 1.56. The number of ether oxygens (including phenoxy) is 3. The van der Waals surface area contributed by atoms with Crippen LogP contribution in [0.25, 0.3) is 0 Å². The van der Waals surface area contributed by atoms with E-state index in [1.54, 1.807) is 7.11 Å². The van der Waals surface area contributed by atoms with E-state index < -0.39 is 0 Å². The van der Waals surface area contributed by atoms with Gasteiger partial charge < -0.3 is 24.4 Å². The van der Waals surface area contributed by atoms with Gasteiger partial charge in [-0.15, -0.1) is 24.0 Å². The largest absolute Gasteiger partial charge is 0.385 e. The average Bonchev–Trinajstić information content (AvgIpc) is 2.66. The number of nitrogens with one attached hydrogen (secondary N) is 1. The molecule has 0 aromatic rings. The molecule has 7 heteroatoms. The Balaban J connectivity index is 0.00000392. The fourth-order valence-corrected chi connectivity index (χ4v) is 4.25. The molecular weight excluding hydrogens is 469 g/mol. The minimum Gasteiger partial charge on any atom is -0.385 e. The lowest BCUT2D eigenvalue weighted by atomic mass is 9.78. The molecule has 0 spiro atoms. The summed E-state index contributed by atoms with van der Waals surface area (Å²) in [5, 5.41) is 3.62. The Bertz CT molecular complexity index is 449. The predicted molar refractivity (Wildman–Crippen MR) is 126 cm³/mol. The molecule has 0 aromatic carbocycles. The van der Waals surface area contributed by atoms with Gasteiger partial charge in [0.2, 0.25) is 0 Å². The van der Waals surface area contributed by atoms with Crippen molar-refractivity contribution in [3.63, 3.8) is 0 Å². The molecule has 2 fully saturated rings. The highest BCUT2D eigenvalue weighted by atomic mass is 127. The molecule has 0 bridgehead atoms. The number of halogens is 1. The standard InChI is InChI=1S/C21H41N3O3.HI/c1-21(2,3)19-17(8-6-14-27-19)16-23-20(22-4)24-11-9-18(10-12-24)26-15-7-13-25-5;/h17-19H,6-16H2,1-5H3,(H,22,23);1H. The van der Waals surface area contributed by atoms with Crippen LogP contribution in [0, 0.1) is 11.3 Å². The van der Waals surface area contributed by atoms with Gasteiger partial charge in [0, 0.05) is 59.5 Å². The van der Waals surface area contributed by atoms with E-state index >= 15 is 0 Å². The molecule has 6 nitrogen and oxygen atoms in total. The first kappa shape index (κ1) is 25.9. The third-order valence-corrected chi connectivity index (χ3v) is 5.62. The van der Waals surface area contributed by atoms with Crippen LogP contribution in [0.3, 0.4) is 0 Å². The van der Waals surface area contributed by atoms with Crippen LogP contribution in [0.4, 0.5) is 0 Å². The van der Waals surface area contributed by atoms with Crippen LogP contribution in [0.15, 0.2) is 4.99 Å². The molecule has 2 aliphatic heterocycles. The summed E-state index contributed by atoms with van der Waals surface area (Å²) in [5.41, 5.74) is 0.175. The van der Waals surface area contributed by atoms with E-state index in [-0.39, 0.29) is 29.4 Å². The van der Waals surface area contributed by atoms with E-state index in [0.29, 0.717) is 18.1 Å². The normalized spacial score (nSPS) is 24.8. The van der Waals surface area contributed by atoms with Crippen LogP contribution in [-0.2, 0) is 14.2 Å². The smallest absolute Gasteiger partial charge is 0.193 e. The van der Waals surface area contributed by atoms with Crippen molar-refractivity contribution in [1.82, 2.24) is 10.2 Å². The van der Waals surface area contributed by atoms with Gasteiger partial charge in [-0.05, 0) is 37.5 Å². The minimum atomic E-state index is 0. The van der Waals surface area contributed by atoms with Crippen molar-refractivity contribution in [2.24, 2.45) is 16.3 Å². The van der Waals surface area contributed by atoms with Gasteiger partial charge in [-0.1, -0.05) is 20.8 Å². The van der Waals surface area contributed by atoms with Gasteiger partial charge >= 0.3 is 0 Å². The van der Waals surface area contributed by atoms with Crippen molar-refractivity contribution < 1.29 is 14.2 Å². The summed E-state index contributed by atoms with van der Waals surface area (Å²) < 4.78 is 17.2. The van der Waals surface area contributed by atoms with Crippen LogP contribution < -0.4 is 5.32 Å². The highest BCUT2D eigenvalue weighted by Gasteiger charge is 2.35. The molecule has 0 amide bonds. The Hall–Kier alpha value is -0.120. The molecule has 2 unspecified atom stereocenters. The summed E-state index contributed by atoms with van der Waals surface area (Å²) in [6, 6.07) is 0. The Kier molecular flexibility index (Phi) is 12.3. The Morgan fingerprint density at radius 1 is 1.18 bits per heavy atom. The number of piperidine rings is 1. The highest BCUT2D eigenvalue weighted by Crippen LogP contribution is 2.33. The number of hydrogen-bond donors (Lipinski definition) is 1. The quantitative estimate of drug-likeness (QED) is 0.245. The van der Waals surface area contributed by atoms with E-state index in [9.17, 15) is 0 Å². The molecular formula is C21H42IN3O3. The number of aliphatic imine (C=N–C) groups is 1. The minimum absolute atomic E-state index is 0. The number of guanidine groups is 1. The van der Waals surface area contributed by atoms with E-state index in [0.717, 1.165) is 71.1 Å². The van der Waals surface area contributed by atoms with Gasteiger partial charge in [0.25, 0.3) is 0 Å². The molecule has 0 aromatic heterocycles. The van der Waals surface area contributed by atoms with Crippen LogP contribution >= 0.6 is 24.0 Å². The van der Waals surface area contributed by atoms with Crippen molar-refractivity contribution in [3.05, 3.63) is 0 Å². The molecule has 2 atom stereocenters. The molecule has 0 saturated carbocycles. The predicted octanol–water partition coefficient (Wildman–Crippen LogP) is 3.54. The van der Waals surface area contributed by atoms with Crippen LogP contribution in [0.1, 0.15) is 52.9 Å². The maximum atomic E-state index is 6.12. The summed E-state index contributed by atoms with van der Waals surface area (Å²) >= 11 is 0. The first-order valence-corrected chi connectivity index (χ1v) is 10.6. The number of hydrogen-bond acceptors (Lipinski definition) is 4. The second-order valence-electron chi connectivity index (χ2n) is 8.89. The SMILES string of the molecule is CN=C(NCC1CCCOC1C(C)(C)C)N1CCC(OCCCOC)CC1.I. The van der Waals surface area contributed by atoms with Gasteiger partial charge in [-0.25, -0.2) is 0 Å². The fraction of sp³-hybridized carbons (Fsp3) is 0.952. The number of nitrogens with zero attached hydrogens (tertiary/aromatic N) is 2. The van der Waals surface area contributed by atoms with Gasteiger partial charge in [0.05, 0.1) is 12.2 Å². The van der Waals surface area contributed by atoms with Crippen molar-refractivity contribution in [2.45, 2.75) is 65.1 Å². The molecule has 2 saturated heterocycles. The summed E-state index contributed by atoms with van der Waals surface area (Å²) in [6.07, 6.45) is 6.15. The zero-order valence-corrected chi connectivity index (χ0v) is 20.9. The zero-order valence-electron chi connectivity index (χ0n) is 18.5. The molecule has 166 valence electrons. The molecule has 1 N–H and O–H groups in total. The molecule has 2 rings (SSSR count). The van der Waals surface area contributed by atoms with Crippen LogP contribution in [0.5, 0.6) is 0 Å². The van der Waals surface area contributed by atoms with Gasteiger partial charge in [-0.2, -0.15) is 0 Å². The van der Waals surface area contributed by atoms with Crippen LogP contribution in [-0.4, -0.2) is 76.7 Å². The molecule has 2 aliphatic rings. The molecule has 2 heterocycles. The third kappa shape index (κ3) is 8.32. The number of likely N-dealkylation sites (tertiary alicyclic amines) is 1.